The van der Waals surface area contributed by atoms with Gasteiger partial charge in [0.1, 0.15) is 0 Å². The van der Waals surface area contributed by atoms with Crippen LogP contribution in [0, 0.1) is 0 Å². The van der Waals surface area contributed by atoms with E-state index in [0.29, 0.717) is 39.5 Å². The van der Waals surface area contributed by atoms with Crippen LogP contribution in [-0.4, -0.2) is 55.6 Å². The van der Waals surface area contributed by atoms with Crippen molar-refractivity contribution < 1.29 is 14.3 Å². The standard InChI is InChI=1S/C11H23NO3S/c1-4-14-8-6-12(7-9-15-5-2)11(13)10(3)16/h10,16H,4-9H2,1-3H3. The highest BCUT2D eigenvalue weighted by molar-refractivity contribution is 7.81. The second-order valence-corrected chi connectivity index (χ2v) is 4.17. The molecule has 0 saturated heterocycles. The van der Waals surface area contributed by atoms with E-state index >= 15 is 0 Å². The van der Waals surface area contributed by atoms with E-state index in [1.54, 1.807) is 11.8 Å². The van der Waals surface area contributed by atoms with Gasteiger partial charge in [0.25, 0.3) is 0 Å². The molecule has 16 heavy (non-hydrogen) atoms. The average molecular weight is 249 g/mol. The number of rotatable bonds is 9. The molecule has 0 N–H and O–H groups in total. The molecule has 0 radical (unpaired) electrons. The van der Waals surface area contributed by atoms with E-state index < -0.39 is 0 Å². The Balaban J connectivity index is 4.00. The normalized spacial score (nSPS) is 12.5. The quantitative estimate of drug-likeness (QED) is 0.493. The lowest BCUT2D eigenvalue weighted by molar-refractivity contribution is -0.131. The summed E-state index contributed by atoms with van der Waals surface area (Å²) in [6, 6.07) is 0. The Bertz CT molecular complexity index is 178. The monoisotopic (exact) mass is 249 g/mol. The maximum Gasteiger partial charge on any atom is 0.235 e. The summed E-state index contributed by atoms with van der Waals surface area (Å²) < 4.78 is 10.5. The second-order valence-electron chi connectivity index (χ2n) is 3.40. The van der Waals surface area contributed by atoms with Crippen LogP contribution in [0.25, 0.3) is 0 Å². The number of ether oxygens (including phenoxy) is 2. The molecule has 5 heteroatoms. The fourth-order valence-electron chi connectivity index (χ4n) is 1.23. The van der Waals surface area contributed by atoms with Crippen LogP contribution in [0.1, 0.15) is 20.8 Å². The Morgan fingerprint density at radius 3 is 1.94 bits per heavy atom. The van der Waals surface area contributed by atoms with Crippen molar-refractivity contribution in [1.82, 2.24) is 4.90 Å². The van der Waals surface area contributed by atoms with Crippen molar-refractivity contribution in [2.45, 2.75) is 26.0 Å². The number of carbonyl (C=O) groups is 1. The summed E-state index contributed by atoms with van der Waals surface area (Å²) in [5, 5.41) is -0.275. The van der Waals surface area contributed by atoms with Crippen LogP contribution in [0.2, 0.25) is 0 Å². The number of thiol groups is 1. The molecule has 0 rings (SSSR count). The zero-order chi connectivity index (χ0) is 12.4. The minimum absolute atomic E-state index is 0.0303. The summed E-state index contributed by atoms with van der Waals surface area (Å²) >= 11 is 4.15. The second kappa shape index (κ2) is 9.93. The van der Waals surface area contributed by atoms with Gasteiger partial charge in [0, 0.05) is 26.3 Å². The van der Waals surface area contributed by atoms with E-state index in [0.717, 1.165) is 0 Å². The van der Waals surface area contributed by atoms with Crippen molar-refractivity contribution in [1.29, 1.82) is 0 Å². The van der Waals surface area contributed by atoms with Gasteiger partial charge in [-0.3, -0.25) is 4.79 Å². The van der Waals surface area contributed by atoms with Gasteiger partial charge in [-0.1, -0.05) is 0 Å². The van der Waals surface area contributed by atoms with Crippen molar-refractivity contribution in [3.8, 4) is 0 Å². The first-order valence-electron chi connectivity index (χ1n) is 5.75. The van der Waals surface area contributed by atoms with Crippen molar-refractivity contribution in [2.24, 2.45) is 0 Å². The van der Waals surface area contributed by atoms with Crippen molar-refractivity contribution in [2.75, 3.05) is 39.5 Å². The molecule has 0 saturated carbocycles. The molecule has 0 aromatic heterocycles. The van der Waals surface area contributed by atoms with Crippen molar-refractivity contribution in [3.05, 3.63) is 0 Å². The predicted octanol–water partition coefficient (Wildman–Crippen LogP) is 1.21. The largest absolute Gasteiger partial charge is 0.380 e. The first kappa shape index (κ1) is 15.7. The molecule has 1 unspecified atom stereocenters. The predicted molar refractivity (Wildman–Crippen MR) is 68.0 cm³/mol. The van der Waals surface area contributed by atoms with E-state index in [2.05, 4.69) is 12.6 Å². The molecule has 1 amide bonds. The summed E-state index contributed by atoms with van der Waals surface area (Å²) in [5.41, 5.74) is 0. The summed E-state index contributed by atoms with van der Waals surface area (Å²) in [6.07, 6.45) is 0. The molecule has 0 fully saturated rings. The third-order valence-electron chi connectivity index (χ3n) is 2.09. The molecule has 0 bridgehead atoms. The molecule has 0 aliphatic rings. The fraction of sp³-hybridized carbons (Fsp3) is 0.909. The SMILES string of the molecule is CCOCCN(CCOCC)C(=O)C(C)S. The molecule has 0 aromatic carbocycles. The van der Waals surface area contributed by atoms with E-state index in [1.165, 1.54) is 0 Å². The van der Waals surface area contributed by atoms with Crippen LogP contribution in [-0.2, 0) is 14.3 Å². The van der Waals surface area contributed by atoms with Gasteiger partial charge < -0.3 is 14.4 Å². The molecule has 0 aliphatic carbocycles. The highest BCUT2D eigenvalue weighted by atomic mass is 32.1. The summed E-state index contributed by atoms with van der Waals surface area (Å²) in [6.45, 7) is 9.33. The minimum atomic E-state index is -0.275. The van der Waals surface area contributed by atoms with Crippen LogP contribution in [0.3, 0.4) is 0 Å². The van der Waals surface area contributed by atoms with Gasteiger partial charge in [0.2, 0.25) is 5.91 Å². The van der Waals surface area contributed by atoms with Gasteiger partial charge in [-0.15, -0.1) is 0 Å². The zero-order valence-corrected chi connectivity index (χ0v) is 11.3. The molecular formula is C11H23NO3S. The van der Waals surface area contributed by atoms with Gasteiger partial charge >= 0.3 is 0 Å². The van der Waals surface area contributed by atoms with Gasteiger partial charge in [-0.05, 0) is 20.8 Å². The Morgan fingerprint density at radius 1 is 1.19 bits per heavy atom. The highest BCUT2D eigenvalue weighted by Gasteiger charge is 2.16. The number of carbonyl (C=O) groups excluding carboxylic acids is 1. The lowest BCUT2D eigenvalue weighted by Gasteiger charge is -2.24. The lowest BCUT2D eigenvalue weighted by atomic mass is 10.3. The average Bonchev–Trinajstić information content (AvgIpc) is 2.26. The third kappa shape index (κ3) is 7.09. The van der Waals surface area contributed by atoms with Crippen molar-refractivity contribution in [3.63, 3.8) is 0 Å². The molecule has 0 aromatic rings. The Morgan fingerprint density at radius 2 is 1.62 bits per heavy atom. The maximum absolute atomic E-state index is 11.8. The third-order valence-corrected chi connectivity index (χ3v) is 2.31. The van der Waals surface area contributed by atoms with Crippen LogP contribution in [0.15, 0.2) is 0 Å². The molecule has 0 spiro atoms. The number of amides is 1. The summed E-state index contributed by atoms with van der Waals surface area (Å²) in [5.74, 6) is 0.0303. The Labute approximate surface area is 104 Å². The zero-order valence-electron chi connectivity index (χ0n) is 10.4. The van der Waals surface area contributed by atoms with Gasteiger partial charge in [-0.25, -0.2) is 0 Å². The molecule has 1 atom stereocenters. The Hall–Kier alpha value is -0.260. The van der Waals surface area contributed by atoms with Crippen LogP contribution < -0.4 is 0 Å². The lowest BCUT2D eigenvalue weighted by Crippen LogP contribution is -2.40. The van der Waals surface area contributed by atoms with Crippen LogP contribution in [0.4, 0.5) is 0 Å². The smallest absolute Gasteiger partial charge is 0.235 e. The summed E-state index contributed by atoms with van der Waals surface area (Å²) in [4.78, 5) is 13.5. The molecule has 0 heterocycles. The van der Waals surface area contributed by atoms with E-state index in [1.807, 2.05) is 13.8 Å². The number of hydrogen-bond acceptors (Lipinski definition) is 4. The molecular weight excluding hydrogens is 226 g/mol. The first-order chi connectivity index (χ1) is 7.63. The Kier molecular flexibility index (Phi) is 9.77. The highest BCUT2D eigenvalue weighted by Crippen LogP contribution is 2.01. The number of nitrogens with zero attached hydrogens (tertiary/aromatic N) is 1. The number of hydrogen-bond donors (Lipinski definition) is 1. The minimum Gasteiger partial charge on any atom is -0.380 e. The first-order valence-corrected chi connectivity index (χ1v) is 6.27. The van der Waals surface area contributed by atoms with Crippen LogP contribution in [0.5, 0.6) is 0 Å². The molecule has 4 nitrogen and oxygen atoms in total. The van der Waals surface area contributed by atoms with E-state index in [-0.39, 0.29) is 11.2 Å². The topological polar surface area (TPSA) is 38.8 Å². The fourth-order valence-corrected chi connectivity index (χ4v) is 1.40. The van der Waals surface area contributed by atoms with Gasteiger partial charge in [-0.2, -0.15) is 12.6 Å². The van der Waals surface area contributed by atoms with E-state index in [9.17, 15) is 4.79 Å². The van der Waals surface area contributed by atoms with Crippen molar-refractivity contribution >= 4 is 18.5 Å². The summed E-state index contributed by atoms with van der Waals surface area (Å²) in [7, 11) is 0. The van der Waals surface area contributed by atoms with Gasteiger partial charge in [0.05, 0.1) is 18.5 Å². The van der Waals surface area contributed by atoms with Gasteiger partial charge in [0.15, 0.2) is 0 Å². The van der Waals surface area contributed by atoms with E-state index in [4.69, 9.17) is 9.47 Å². The molecule has 96 valence electrons. The molecule has 0 aliphatic heterocycles. The van der Waals surface area contributed by atoms with Crippen LogP contribution >= 0.6 is 12.6 Å². The maximum atomic E-state index is 11.8.